The topological polar surface area (TPSA) is 24.8 Å². The maximum atomic E-state index is 6.16. The smallest absolute Gasteiger partial charge is 0.130 e. The predicted molar refractivity (Wildman–Crippen MR) is 115 cm³/mol. The fourth-order valence-corrected chi connectivity index (χ4v) is 3.50. The lowest BCUT2D eigenvalue weighted by Gasteiger charge is -2.18. The van der Waals surface area contributed by atoms with Crippen molar-refractivity contribution in [2.24, 2.45) is 4.99 Å². The number of hydrogen-bond donors (Lipinski definition) is 0. The van der Waals surface area contributed by atoms with Crippen molar-refractivity contribution in [2.45, 2.75) is 65.3 Å². The number of aryl methyl sites for hydroxylation is 2. The van der Waals surface area contributed by atoms with Gasteiger partial charge in [0.15, 0.2) is 0 Å². The van der Waals surface area contributed by atoms with Crippen molar-refractivity contribution in [2.75, 3.05) is 7.05 Å². The molecule has 0 atom stereocenters. The predicted octanol–water partition coefficient (Wildman–Crippen LogP) is 6.75. The van der Waals surface area contributed by atoms with Gasteiger partial charge in [0.2, 0.25) is 0 Å². The molecule has 0 aromatic heterocycles. The summed E-state index contributed by atoms with van der Waals surface area (Å²) in [5.74, 6) is 2.54. The van der Waals surface area contributed by atoms with Crippen LogP contribution in [0, 0.1) is 13.8 Å². The molecule has 27 heavy (non-hydrogen) atoms. The van der Waals surface area contributed by atoms with Gasteiger partial charge in [-0.25, -0.2) is 4.99 Å². The lowest BCUT2D eigenvalue weighted by atomic mass is 9.98. The van der Waals surface area contributed by atoms with Gasteiger partial charge in [0.05, 0.1) is 12.0 Å². The first-order valence-corrected chi connectivity index (χ1v) is 10.1. The lowest BCUT2D eigenvalue weighted by Crippen LogP contribution is -2.24. The number of hydrogen-bond acceptors (Lipinski definition) is 2. The number of ether oxygens (including phenoxy) is 1. The first-order valence-electron chi connectivity index (χ1n) is 10.1. The summed E-state index contributed by atoms with van der Waals surface area (Å²) in [5.41, 5.74) is 4.65. The van der Waals surface area contributed by atoms with E-state index in [1.54, 1.807) is 0 Å². The Labute approximate surface area is 164 Å². The van der Waals surface area contributed by atoms with Gasteiger partial charge >= 0.3 is 0 Å². The van der Waals surface area contributed by atoms with Crippen LogP contribution in [0.15, 0.2) is 41.4 Å². The van der Waals surface area contributed by atoms with Gasteiger partial charge in [-0.15, -0.1) is 0 Å². The highest BCUT2D eigenvalue weighted by Crippen LogP contribution is 2.36. The molecule has 1 aliphatic carbocycles. The van der Waals surface area contributed by atoms with E-state index in [4.69, 9.17) is 4.74 Å². The largest absolute Gasteiger partial charge is 0.457 e. The molecule has 144 valence electrons. The van der Waals surface area contributed by atoms with E-state index in [-0.39, 0.29) is 0 Å². The number of rotatable bonds is 6. The summed E-state index contributed by atoms with van der Waals surface area (Å²) < 4.78 is 6.16. The SMILES string of the molecule is Cc1cc(Oc2ccc(C3CCCC3)cc2)c(C)cc1N=CN(C)C(C)C. The van der Waals surface area contributed by atoms with E-state index in [2.05, 4.69) is 74.0 Å². The minimum Gasteiger partial charge on any atom is -0.457 e. The van der Waals surface area contributed by atoms with Crippen LogP contribution in [0.1, 0.15) is 62.1 Å². The molecule has 0 saturated heterocycles. The van der Waals surface area contributed by atoms with E-state index in [1.807, 2.05) is 13.4 Å². The zero-order chi connectivity index (χ0) is 19.4. The first kappa shape index (κ1) is 19.5. The van der Waals surface area contributed by atoms with Crippen LogP contribution in [0.25, 0.3) is 0 Å². The highest BCUT2D eigenvalue weighted by atomic mass is 16.5. The van der Waals surface area contributed by atoms with Gasteiger partial charge < -0.3 is 9.64 Å². The van der Waals surface area contributed by atoms with Gasteiger partial charge in [-0.05, 0) is 87.4 Å². The molecule has 0 radical (unpaired) electrons. The first-order chi connectivity index (χ1) is 12.9. The third-order valence-corrected chi connectivity index (χ3v) is 5.62. The Kier molecular flexibility index (Phi) is 6.20. The minimum absolute atomic E-state index is 0.435. The van der Waals surface area contributed by atoms with Crippen LogP contribution in [0.2, 0.25) is 0 Å². The summed E-state index contributed by atoms with van der Waals surface area (Å²) in [6.45, 7) is 8.46. The quantitative estimate of drug-likeness (QED) is 0.418. The van der Waals surface area contributed by atoms with Crippen molar-refractivity contribution in [3.63, 3.8) is 0 Å². The molecule has 0 N–H and O–H groups in total. The molecular formula is C24H32N2O. The number of aliphatic imine (C=N–C) groups is 1. The van der Waals surface area contributed by atoms with Crippen LogP contribution in [0.4, 0.5) is 5.69 Å². The second kappa shape index (κ2) is 8.60. The molecule has 3 nitrogen and oxygen atoms in total. The summed E-state index contributed by atoms with van der Waals surface area (Å²) in [7, 11) is 2.04. The van der Waals surface area contributed by atoms with E-state index >= 15 is 0 Å². The van der Waals surface area contributed by atoms with E-state index in [0.29, 0.717) is 6.04 Å². The van der Waals surface area contributed by atoms with Crippen molar-refractivity contribution >= 4 is 12.0 Å². The summed E-state index contributed by atoms with van der Waals surface area (Å²) in [5, 5.41) is 0. The fraction of sp³-hybridized carbons (Fsp3) is 0.458. The highest BCUT2D eigenvalue weighted by Gasteiger charge is 2.16. The Morgan fingerprint density at radius 2 is 1.70 bits per heavy atom. The summed E-state index contributed by atoms with van der Waals surface area (Å²) >= 11 is 0. The summed E-state index contributed by atoms with van der Waals surface area (Å²) in [4.78, 5) is 6.74. The molecule has 1 saturated carbocycles. The Hall–Kier alpha value is -2.29. The molecule has 0 aliphatic heterocycles. The monoisotopic (exact) mass is 364 g/mol. The van der Waals surface area contributed by atoms with Gasteiger partial charge in [0, 0.05) is 13.1 Å². The second-order valence-corrected chi connectivity index (χ2v) is 8.06. The van der Waals surface area contributed by atoms with Crippen LogP contribution < -0.4 is 4.74 Å². The van der Waals surface area contributed by atoms with Crippen LogP contribution in [0.3, 0.4) is 0 Å². The highest BCUT2D eigenvalue weighted by molar-refractivity contribution is 5.65. The second-order valence-electron chi connectivity index (χ2n) is 8.06. The van der Waals surface area contributed by atoms with Crippen LogP contribution >= 0.6 is 0 Å². The maximum absolute atomic E-state index is 6.16. The molecule has 0 spiro atoms. The molecule has 3 rings (SSSR count). The molecule has 0 heterocycles. The summed E-state index contributed by atoms with van der Waals surface area (Å²) in [6.07, 6.45) is 7.28. The lowest BCUT2D eigenvalue weighted by molar-refractivity contribution is 0.429. The van der Waals surface area contributed by atoms with Gasteiger partial charge in [-0.1, -0.05) is 25.0 Å². The third-order valence-electron chi connectivity index (χ3n) is 5.62. The van der Waals surface area contributed by atoms with Gasteiger partial charge in [0.25, 0.3) is 0 Å². The van der Waals surface area contributed by atoms with Crippen molar-refractivity contribution in [1.29, 1.82) is 0 Å². The Balaban J connectivity index is 1.72. The molecule has 1 aliphatic rings. The molecule has 0 amide bonds. The molecule has 2 aromatic carbocycles. The molecule has 2 aromatic rings. The molecular weight excluding hydrogens is 332 g/mol. The minimum atomic E-state index is 0.435. The molecule has 3 heteroatoms. The normalized spacial score (nSPS) is 15.0. The Bertz CT molecular complexity index is 787. The Morgan fingerprint density at radius 3 is 2.33 bits per heavy atom. The standard InChI is InChI=1S/C24H32N2O/c1-17(2)26(5)16-25-23-14-19(4)24(15-18(23)3)27-22-12-10-21(11-13-22)20-8-6-7-9-20/h10-17,20H,6-9H2,1-5H3. The van der Waals surface area contributed by atoms with E-state index in [9.17, 15) is 0 Å². The maximum Gasteiger partial charge on any atom is 0.130 e. The van der Waals surface area contributed by atoms with E-state index < -0.39 is 0 Å². The molecule has 0 unspecified atom stereocenters. The third kappa shape index (κ3) is 4.91. The summed E-state index contributed by atoms with van der Waals surface area (Å²) in [6, 6.07) is 13.3. The van der Waals surface area contributed by atoms with Crippen LogP contribution in [0.5, 0.6) is 11.5 Å². The molecule has 1 fully saturated rings. The van der Waals surface area contributed by atoms with Gasteiger partial charge in [-0.2, -0.15) is 0 Å². The van der Waals surface area contributed by atoms with Crippen molar-refractivity contribution in [3.8, 4) is 11.5 Å². The Morgan fingerprint density at radius 1 is 1.04 bits per heavy atom. The number of nitrogens with zero attached hydrogens (tertiary/aromatic N) is 2. The van der Waals surface area contributed by atoms with Crippen molar-refractivity contribution in [1.82, 2.24) is 4.90 Å². The van der Waals surface area contributed by atoms with E-state index in [1.165, 1.54) is 31.2 Å². The van der Waals surface area contributed by atoms with Crippen molar-refractivity contribution in [3.05, 3.63) is 53.1 Å². The zero-order valence-electron chi connectivity index (χ0n) is 17.3. The molecule has 0 bridgehead atoms. The average molecular weight is 365 g/mol. The average Bonchev–Trinajstić information content (AvgIpc) is 3.18. The van der Waals surface area contributed by atoms with Crippen molar-refractivity contribution < 1.29 is 4.74 Å². The van der Waals surface area contributed by atoms with Crippen LogP contribution in [-0.2, 0) is 0 Å². The van der Waals surface area contributed by atoms with Crippen LogP contribution in [-0.4, -0.2) is 24.3 Å². The van der Waals surface area contributed by atoms with Gasteiger partial charge in [-0.3, -0.25) is 0 Å². The number of benzene rings is 2. The van der Waals surface area contributed by atoms with E-state index in [0.717, 1.165) is 34.2 Å². The zero-order valence-corrected chi connectivity index (χ0v) is 17.3. The fourth-order valence-electron chi connectivity index (χ4n) is 3.50. The van der Waals surface area contributed by atoms with Gasteiger partial charge in [0.1, 0.15) is 11.5 Å².